The highest BCUT2D eigenvalue weighted by Crippen LogP contribution is 1.87. The molecule has 0 aromatic rings. The van der Waals surface area contributed by atoms with Crippen molar-refractivity contribution < 1.29 is 26.3 Å². The molecule has 0 aliphatic heterocycles. The molecule has 0 aromatic heterocycles. The third kappa shape index (κ3) is 1140. The first-order valence-corrected chi connectivity index (χ1v) is 1.31. The second-order valence-corrected chi connectivity index (χ2v) is 0.495. The topological polar surface area (TPSA) is 0 Å². The van der Waals surface area contributed by atoms with E-state index >= 15 is 0 Å². The zero-order chi connectivity index (χ0) is 7.15. The van der Waals surface area contributed by atoms with Crippen LogP contribution < -0.4 is 0 Å². The number of halogens is 6. The highest BCUT2D eigenvalue weighted by Gasteiger charge is 1.86. The van der Waals surface area contributed by atoms with Crippen LogP contribution in [-0.2, 0) is 0 Å². The standard InChI is InChI=1S/2CHF3.4H2S/c2*2-1(3)4;;;;/h2*1H;4*1H2. The van der Waals surface area contributed by atoms with E-state index in [1.165, 1.54) is 0 Å². The van der Waals surface area contributed by atoms with Gasteiger partial charge in [0, 0.05) is 0 Å². The molecule has 0 fully saturated rings. The van der Waals surface area contributed by atoms with Crippen molar-refractivity contribution in [1.29, 1.82) is 0 Å². The molecule has 0 bridgehead atoms. The van der Waals surface area contributed by atoms with Crippen LogP contribution in [0.4, 0.5) is 26.3 Å². The summed E-state index contributed by atoms with van der Waals surface area (Å²) < 4.78 is 58.0. The van der Waals surface area contributed by atoms with E-state index < -0.39 is 13.4 Å². The summed E-state index contributed by atoms with van der Waals surface area (Å²) in [5, 5.41) is 0. The van der Waals surface area contributed by atoms with Gasteiger partial charge in [-0.3, -0.25) is 0 Å². The summed E-state index contributed by atoms with van der Waals surface area (Å²) in [5.41, 5.74) is 0. The summed E-state index contributed by atoms with van der Waals surface area (Å²) in [6, 6.07) is 0. The van der Waals surface area contributed by atoms with Gasteiger partial charge in [0.05, 0.1) is 0 Å². The minimum atomic E-state index is -3.67. The zero-order valence-electron chi connectivity index (χ0n) is 5.42. The average Bonchev–Trinajstić information content (AvgIpc) is 1.25. The quantitative estimate of drug-likeness (QED) is 0.597. The van der Waals surface area contributed by atoms with Gasteiger partial charge in [-0.05, 0) is 0 Å². The first-order chi connectivity index (χ1) is 3.46. The van der Waals surface area contributed by atoms with Crippen LogP contribution in [0.3, 0.4) is 0 Å². The molecule has 0 saturated heterocycles. The lowest BCUT2D eigenvalue weighted by Crippen LogP contribution is -1.65. The fourth-order valence-corrected chi connectivity index (χ4v) is 0. The lowest BCUT2D eigenvalue weighted by molar-refractivity contribution is 0.00734. The molecule has 0 atom stereocenters. The smallest absolute Gasteiger partial charge is 0.197 e. The summed E-state index contributed by atoms with van der Waals surface area (Å²) in [6.45, 7) is -7.33. The molecule has 0 N–H and O–H groups in total. The minimum absolute atomic E-state index is 0. The molecule has 0 amide bonds. The summed E-state index contributed by atoms with van der Waals surface area (Å²) in [7, 11) is 0. The Morgan fingerprint density at radius 1 is 0.417 bits per heavy atom. The van der Waals surface area contributed by atoms with Gasteiger partial charge in [-0.15, -0.1) is 0 Å². The first-order valence-electron chi connectivity index (χ1n) is 1.31. The summed E-state index contributed by atoms with van der Waals surface area (Å²) >= 11 is 0. The van der Waals surface area contributed by atoms with Crippen molar-refractivity contribution >= 4 is 54.0 Å². The van der Waals surface area contributed by atoms with Gasteiger partial charge in [-0.1, -0.05) is 0 Å². The second-order valence-electron chi connectivity index (χ2n) is 0.495. The molecular weight excluding hydrogens is 266 g/mol. The van der Waals surface area contributed by atoms with Crippen molar-refractivity contribution in [1.82, 2.24) is 0 Å². The lowest BCUT2D eigenvalue weighted by atomic mass is 11.6. The monoisotopic (exact) mass is 276 g/mol. The van der Waals surface area contributed by atoms with Gasteiger partial charge in [-0.2, -0.15) is 80.3 Å². The van der Waals surface area contributed by atoms with Gasteiger partial charge >= 0.3 is 13.4 Å². The second kappa shape index (κ2) is 29.6. The van der Waals surface area contributed by atoms with E-state index in [0.717, 1.165) is 0 Å². The largest absolute Gasteiger partial charge is 0.379 e. The SMILES string of the molecule is FC(F)F.FC(F)F.S.S.S.S. The highest BCUT2D eigenvalue weighted by atomic mass is 32.1. The summed E-state index contributed by atoms with van der Waals surface area (Å²) in [6.07, 6.45) is 0. The lowest BCUT2D eigenvalue weighted by Gasteiger charge is -1.65. The summed E-state index contributed by atoms with van der Waals surface area (Å²) in [5.74, 6) is 0. The summed E-state index contributed by atoms with van der Waals surface area (Å²) in [4.78, 5) is 0. The van der Waals surface area contributed by atoms with E-state index in [4.69, 9.17) is 0 Å². The Labute approximate surface area is 93.9 Å². The maximum absolute atomic E-state index is 9.67. The molecule has 10 heteroatoms. The highest BCUT2D eigenvalue weighted by molar-refractivity contribution is 7.59. The van der Waals surface area contributed by atoms with Crippen LogP contribution in [-0.4, -0.2) is 13.4 Å². The molecule has 0 radical (unpaired) electrons. The van der Waals surface area contributed by atoms with Crippen LogP contribution in [0.5, 0.6) is 0 Å². The van der Waals surface area contributed by atoms with Gasteiger partial charge in [0.2, 0.25) is 0 Å². The predicted molar refractivity (Wildman–Crippen MR) is 55.7 cm³/mol. The predicted octanol–water partition coefficient (Wildman–Crippen LogP) is 2.81. The molecule has 0 aromatic carbocycles. The van der Waals surface area contributed by atoms with Crippen molar-refractivity contribution in [2.45, 2.75) is 13.4 Å². The average molecular weight is 276 g/mol. The third-order valence-electron chi connectivity index (χ3n) is 0. The van der Waals surface area contributed by atoms with E-state index in [1.807, 2.05) is 0 Å². The number of hydrogen-bond donors (Lipinski definition) is 0. The molecule has 0 aliphatic rings. The Hall–Kier alpha value is 0.980. The maximum Gasteiger partial charge on any atom is 0.379 e. The number of alkyl halides is 6. The Kier molecular flexibility index (Phi) is 94.5. The van der Waals surface area contributed by atoms with Gasteiger partial charge in [0.15, 0.2) is 0 Å². The van der Waals surface area contributed by atoms with Crippen LogP contribution in [0.25, 0.3) is 0 Å². The maximum atomic E-state index is 9.67. The fourth-order valence-electron chi connectivity index (χ4n) is 0. The molecular formula is C2H10F6S4. The van der Waals surface area contributed by atoms with Gasteiger partial charge < -0.3 is 0 Å². The molecule has 0 unspecified atom stereocenters. The number of rotatable bonds is 0. The third-order valence-corrected chi connectivity index (χ3v) is 0. The van der Waals surface area contributed by atoms with Crippen LogP contribution in [0.1, 0.15) is 0 Å². The molecule has 0 heterocycles. The Bertz CT molecular complexity index is 33.0. The molecule has 0 nitrogen and oxygen atoms in total. The first kappa shape index (κ1) is 38.2. The fraction of sp³-hybridized carbons (Fsp3) is 1.00. The van der Waals surface area contributed by atoms with E-state index in [-0.39, 0.29) is 54.0 Å². The molecule has 0 rings (SSSR count). The van der Waals surface area contributed by atoms with Gasteiger partial charge in [0.25, 0.3) is 0 Å². The van der Waals surface area contributed by atoms with Crippen molar-refractivity contribution in [2.75, 3.05) is 0 Å². The van der Waals surface area contributed by atoms with Crippen LogP contribution in [0.2, 0.25) is 0 Å². The molecule has 0 spiro atoms. The zero-order valence-corrected chi connectivity index (χ0v) is 9.42. The van der Waals surface area contributed by atoms with Gasteiger partial charge in [0.1, 0.15) is 0 Å². The Balaban J connectivity index is -0.0000000112. The van der Waals surface area contributed by atoms with Crippen LogP contribution in [0.15, 0.2) is 0 Å². The van der Waals surface area contributed by atoms with Crippen LogP contribution in [0, 0.1) is 0 Å². The normalized spacial score (nSPS) is 6.00. The van der Waals surface area contributed by atoms with Gasteiger partial charge in [-0.25, -0.2) is 0 Å². The Morgan fingerprint density at radius 3 is 0.417 bits per heavy atom. The number of hydrogen-bond acceptors (Lipinski definition) is 0. The molecule has 84 valence electrons. The minimum Gasteiger partial charge on any atom is -0.197 e. The van der Waals surface area contributed by atoms with Crippen molar-refractivity contribution in [3.63, 3.8) is 0 Å². The van der Waals surface area contributed by atoms with E-state index in [1.54, 1.807) is 0 Å². The molecule has 0 aliphatic carbocycles. The Morgan fingerprint density at radius 2 is 0.417 bits per heavy atom. The molecule has 12 heavy (non-hydrogen) atoms. The van der Waals surface area contributed by atoms with Crippen molar-refractivity contribution in [2.24, 2.45) is 0 Å². The van der Waals surface area contributed by atoms with Crippen molar-refractivity contribution in [3.8, 4) is 0 Å². The van der Waals surface area contributed by atoms with E-state index in [0.29, 0.717) is 0 Å². The van der Waals surface area contributed by atoms with Crippen molar-refractivity contribution in [3.05, 3.63) is 0 Å². The van der Waals surface area contributed by atoms with E-state index in [2.05, 4.69) is 0 Å². The molecule has 0 saturated carbocycles. The van der Waals surface area contributed by atoms with Crippen LogP contribution >= 0.6 is 54.0 Å². The van der Waals surface area contributed by atoms with E-state index in [9.17, 15) is 26.3 Å².